The lowest BCUT2D eigenvalue weighted by molar-refractivity contribution is 0.557. The predicted octanol–water partition coefficient (Wildman–Crippen LogP) is 3.59. The van der Waals surface area contributed by atoms with E-state index in [1.54, 1.807) is 6.07 Å². The molecule has 5 heteroatoms. The van der Waals surface area contributed by atoms with Gasteiger partial charge in [0.05, 0.1) is 11.7 Å². The molecule has 0 fully saturated rings. The van der Waals surface area contributed by atoms with Crippen LogP contribution in [0.2, 0.25) is 0 Å². The lowest BCUT2D eigenvalue weighted by Gasteiger charge is -2.04. The van der Waals surface area contributed by atoms with Gasteiger partial charge in [-0.25, -0.2) is 9.78 Å². The van der Waals surface area contributed by atoms with Crippen LogP contribution in [0, 0.1) is 0 Å². The molecular weight excluding hydrogens is 284 g/mol. The fourth-order valence-electron chi connectivity index (χ4n) is 2.26. The fraction of sp³-hybridized carbons (Fsp3) is 0. The van der Waals surface area contributed by atoms with Crippen LogP contribution in [-0.4, -0.2) is 9.38 Å². The van der Waals surface area contributed by atoms with Gasteiger partial charge in [0.1, 0.15) is 5.58 Å². The van der Waals surface area contributed by atoms with Crippen molar-refractivity contribution < 1.29 is 4.42 Å². The molecule has 0 spiro atoms. The van der Waals surface area contributed by atoms with Crippen molar-refractivity contribution in [3.8, 4) is 0 Å². The largest absolute Gasteiger partial charge is 0.423 e. The average Bonchev–Trinajstić information content (AvgIpc) is 2.90. The number of aromatic nitrogens is 2. The van der Waals surface area contributed by atoms with Gasteiger partial charge in [0.2, 0.25) is 0 Å². The third-order valence-electron chi connectivity index (χ3n) is 3.22. The number of benzene rings is 1. The van der Waals surface area contributed by atoms with Crippen LogP contribution in [0.5, 0.6) is 0 Å². The van der Waals surface area contributed by atoms with Gasteiger partial charge in [-0.05, 0) is 18.2 Å². The average molecular weight is 294 g/mol. The van der Waals surface area contributed by atoms with Crippen molar-refractivity contribution in [2.75, 3.05) is 0 Å². The lowest BCUT2D eigenvalue weighted by Crippen LogP contribution is -1.97. The van der Waals surface area contributed by atoms with Crippen molar-refractivity contribution in [3.63, 3.8) is 0 Å². The number of para-hydroxylation sites is 1. The molecule has 0 aliphatic rings. The Hall–Kier alpha value is -2.53. The molecule has 0 aliphatic heterocycles. The van der Waals surface area contributed by atoms with Crippen molar-refractivity contribution in [1.29, 1.82) is 0 Å². The summed E-state index contributed by atoms with van der Waals surface area (Å²) in [4.78, 5) is 17.0. The molecular formula is C16H10N2O2S. The second kappa shape index (κ2) is 4.79. The monoisotopic (exact) mass is 294 g/mol. The molecule has 0 unspecified atom stereocenters. The molecule has 0 atom stereocenters. The first-order valence-corrected chi connectivity index (χ1v) is 7.26. The van der Waals surface area contributed by atoms with Crippen LogP contribution in [0.3, 0.4) is 0 Å². The maximum Gasteiger partial charge on any atom is 0.337 e. The lowest BCUT2D eigenvalue weighted by atomic mass is 10.2. The summed E-state index contributed by atoms with van der Waals surface area (Å²) < 4.78 is 7.21. The molecule has 0 bridgehead atoms. The molecule has 4 rings (SSSR count). The van der Waals surface area contributed by atoms with Gasteiger partial charge < -0.3 is 4.42 Å². The first-order valence-electron chi connectivity index (χ1n) is 6.44. The third kappa shape index (κ3) is 2.11. The molecule has 21 heavy (non-hydrogen) atoms. The maximum absolute atomic E-state index is 11.7. The quantitative estimate of drug-likeness (QED) is 0.530. The minimum absolute atomic E-state index is 0.350. The molecule has 1 aromatic carbocycles. The Kier molecular flexibility index (Phi) is 2.79. The summed E-state index contributed by atoms with van der Waals surface area (Å²) in [6.45, 7) is 0. The zero-order valence-corrected chi connectivity index (χ0v) is 11.7. The summed E-state index contributed by atoms with van der Waals surface area (Å²) in [5.41, 5.74) is 1.26. The number of fused-ring (bicyclic) bond motifs is 2. The summed E-state index contributed by atoms with van der Waals surface area (Å²) in [5, 5.41) is 1.73. The van der Waals surface area contributed by atoms with Gasteiger partial charge >= 0.3 is 5.63 Å². The van der Waals surface area contributed by atoms with Crippen molar-refractivity contribution in [1.82, 2.24) is 9.38 Å². The highest BCUT2D eigenvalue weighted by molar-refractivity contribution is 7.99. The maximum atomic E-state index is 11.7. The topological polar surface area (TPSA) is 47.5 Å². The number of imidazole rings is 1. The van der Waals surface area contributed by atoms with Crippen LogP contribution >= 0.6 is 11.8 Å². The molecule has 0 radical (unpaired) electrons. The predicted molar refractivity (Wildman–Crippen MR) is 81.8 cm³/mol. The number of hydrogen-bond donors (Lipinski definition) is 0. The van der Waals surface area contributed by atoms with Crippen LogP contribution < -0.4 is 5.63 Å². The van der Waals surface area contributed by atoms with Gasteiger partial charge in [0.15, 0.2) is 5.16 Å². The van der Waals surface area contributed by atoms with Gasteiger partial charge in [-0.3, -0.25) is 4.40 Å². The van der Waals surface area contributed by atoms with E-state index in [1.165, 1.54) is 17.8 Å². The van der Waals surface area contributed by atoms with Crippen molar-refractivity contribution in [3.05, 3.63) is 71.3 Å². The zero-order valence-electron chi connectivity index (χ0n) is 10.9. The fourth-order valence-corrected chi connectivity index (χ4v) is 3.26. The minimum atomic E-state index is -0.350. The highest BCUT2D eigenvalue weighted by atomic mass is 32.2. The number of pyridine rings is 1. The second-order valence-electron chi connectivity index (χ2n) is 4.56. The third-order valence-corrected chi connectivity index (χ3v) is 4.26. The smallest absolute Gasteiger partial charge is 0.337 e. The molecule has 0 saturated heterocycles. The van der Waals surface area contributed by atoms with E-state index in [-0.39, 0.29) is 5.63 Å². The molecule has 0 aliphatic carbocycles. The normalized spacial score (nSPS) is 11.2. The molecule has 3 aromatic heterocycles. The molecule has 102 valence electrons. The Morgan fingerprint density at radius 3 is 2.90 bits per heavy atom. The Balaban J connectivity index is 1.89. The van der Waals surface area contributed by atoms with E-state index in [0.717, 1.165) is 21.0 Å². The zero-order chi connectivity index (χ0) is 14.2. The SMILES string of the molecule is O=c1cc(Sc2ncc3ccccn23)c2ccccc2o1. The van der Waals surface area contributed by atoms with Crippen LogP contribution in [0.1, 0.15) is 0 Å². The first kappa shape index (κ1) is 12.2. The molecule has 0 amide bonds. The van der Waals surface area contributed by atoms with Gasteiger partial charge in [0, 0.05) is 22.5 Å². The summed E-state index contributed by atoms with van der Waals surface area (Å²) in [5.74, 6) is 0. The highest BCUT2D eigenvalue weighted by Crippen LogP contribution is 2.31. The molecule has 0 N–H and O–H groups in total. The van der Waals surface area contributed by atoms with Crippen LogP contribution in [-0.2, 0) is 0 Å². The van der Waals surface area contributed by atoms with E-state index in [4.69, 9.17) is 4.42 Å². The second-order valence-corrected chi connectivity index (χ2v) is 5.57. The Morgan fingerprint density at radius 1 is 1.10 bits per heavy atom. The van der Waals surface area contributed by atoms with E-state index in [2.05, 4.69) is 4.98 Å². The Labute approximate surface area is 124 Å². The summed E-state index contributed by atoms with van der Waals surface area (Å²) in [6, 6.07) is 14.9. The molecule has 4 aromatic rings. The van der Waals surface area contributed by atoms with Gasteiger partial charge in [0.25, 0.3) is 0 Å². The number of nitrogens with zero attached hydrogens (tertiary/aromatic N) is 2. The van der Waals surface area contributed by atoms with E-state index in [1.807, 2.05) is 53.2 Å². The Bertz CT molecular complexity index is 1000. The van der Waals surface area contributed by atoms with Crippen molar-refractivity contribution >= 4 is 28.2 Å². The van der Waals surface area contributed by atoms with E-state index in [0.29, 0.717) is 5.58 Å². The van der Waals surface area contributed by atoms with Crippen LogP contribution in [0.25, 0.3) is 16.5 Å². The summed E-state index contributed by atoms with van der Waals surface area (Å²) in [6.07, 6.45) is 3.77. The number of rotatable bonds is 2. The summed E-state index contributed by atoms with van der Waals surface area (Å²) >= 11 is 1.46. The van der Waals surface area contributed by atoms with E-state index >= 15 is 0 Å². The van der Waals surface area contributed by atoms with Crippen LogP contribution in [0.4, 0.5) is 0 Å². The number of hydrogen-bond acceptors (Lipinski definition) is 4. The standard InChI is InChI=1S/C16H10N2O2S/c19-15-9-14(12-6-1-2-7-13(12)20-15)21-16-17-10-11-5-3-4-8-18(11)16/h1-10H. The van der Waals surface area contributed by atoms with Crippen LogP contribution in [0.15, 0.2) is 80.2 Å². The van der Waals surface area contributed by atoms with Gasteiger partial charge in [-0.15, -0.1) is 0 Å². The Morgan fingerprint density at radius 2 is 1.95 bits per heavy atom. The van der Waals surface area contributed by atoms with Crippen molar-refractivity contribution in [2.24, 2.45) is 0 Å². The molecule has 0 saturated carbocycles. The molecule has 3 heterocycles. The van der Waals surface area contributed by atoms with Gasteiger partial charge in [-0.1, -0.05) is 36.0 Å². The van der Waals surface area contributed by atoms with Gasteiger partial charge in [-0.2, -0.15) is 0 Å². The molecule has 4 nitrogen and oxygen atoms in total. The van der Waals surface area contributed by atoms with Crippen molar-refractivity contribution in [2.45, 2.75) is 10.1 Å². The summed E-state index contributed by atoms with van der Waals surface area (Å²) in [7, 11) is 0. The van der Waals surface area contributed by atoms with E-state index < -0.39 is 0 Å². The first-order chi connectivity index (χ1) is 10.3. The minimum Gasteiger partial charge on any atom is -0.423 e. The highest BCUT2D eigenvalue weighted by Gasteiger charge is 2.10. The van der Waals surface area contributed by atoms with E-state index in [9.17, 15) is 4.79 Å².